The Hall–Kier alpha value is -6.65. The number of piperazine rings is 1. The van der Waals surface area contributed by atoms with Gasteiger partial charge in [-0.25, -0.2) is 4.98 Å². The minimum Gasteiger partial charge on any atom is -0.376 e. The topological polar surface area (TPSA) is 144 Å². The van der Waals surface area contributed by atoms with E-state index in [1.807, 2.05) is 60.5 Å². The van der Waals surface area contributed by atoms with Gasteiger partial charge in [0.25, 0.3) is 23.3 Å². The van der Waals surface area contributed by atoms with Gasteiger partial charge in [0.2, 0.25) is 0 Å². The first-order chi connectivity index (χ1) is 32.9. The maximum atomic E-state index is 13.7. The number of amides is 3. The van der Waals surface area contributed by atoms with E-state index in [2.05, 4.69) is 30.1 Å². The van der Waals surface area contributed by atoms with Crippen LogP contribution in [0, 0.1) is 0 Å². The van der Waals surface area contributed by atoms with Gasteiger partial charge in [-0.05, 0) is 108 Å². The third kappa shape index (κ3) is 10.4. The van der Waals surface area contributed by atoms with Crippen molar-refractivity contribution in [2.24, 2.45) is 0 Å². The summed E-state index contributed by atoms with van der Waals surface area (Å²) < 4.78 is 47.0. The molecule has 6 heterocycles. The van der Waals surface area contributed by atoms with Crippen molar-refractivity contribution in [3.63, 3.8) is 0 Å². The molecule has 0 saturated carbocycles. The first-order valence-electron chi connectivity index (χ1n) is 23.5. The molecule has 3 aliphatic rings. The van der Waals surface area contributed by atoms with Crippen LogP contribution in [0.1, 0.15) is 92.0 Å². The lowest BCUT2D eigenvalue weighted by Crippen LogP contribution is -2.46. The fourth-order valence-corrected chi connectivity index (χ4v) is 9.76. The van der Waals surface area contributed by atoms with E-state index in [-0.39, 0.29) is 46.3 Å². The van der Waals surface area contributed by atoms with Crippen molar-refractivity contribution >= 4 is 45.2 Å². The summed E-state index contributed by atoms with van der Waals surface area (Å²) in [5, 5.41) is 3.22. The van der Waals surface area contributed by atoms with Crippen LogP contribution < -0.4 is 15.8 Å². The number of carbonyl (C=O) groups is 3. The fraction of sp³-hybridized carbons (Fsp3) is 0.385. The minimum absolute atomic E-state index is 0.0178. The summed E-state index contributed by atoms with van der Waals surface area (Å²) in [4.78, 5) is 72.3. The van der Waals surface area contributed by atoms with Gasteiger partial charge in [-0.1, -0.05) is 43.3 Å². The summed E-state index contributed by atoms with van der Waals surface area (Å²) in [5.41, 5.74) is 5.79. The van der Waals surface area contributed by atoms with E-state index >= 15 is 0 Å². The number of alkyl halides is 3. The van der Waals surface area contributed by atoms with E-state index < -0.39 is 11.7 Å². The first-order valence-corrected chi connectivity index (χ1v) is 23.5. The van der Waals surface area contributed by atoms with Crippen LogP contribution in [0.5, 0.6) is 0 Å². The zero-order valence-electron chi connectivity index (χ0n) is 38.1. The number of aryl methyl sites for hydroxylation is 1. The number of ether oxygens (including phenoxy) is 1. The number of H-pyrrole nitrogens is 1. The second-order valence-electron chi connectivity index (χ2n) is 17.9. The maximum Gasteiger partial charge on any atom is 0.417 e. The number of benzene rings is 3. The highest BCUT2D eigenvalue weighted by Gasteiger charge is 2.34. The highest BCUT2D eigenvalue weighted by molar-refractivity contribution is 6.08. The molecule has 3 amide bonds. The number of fused-ring (bicyclic) bond motifs is 2. The number of anilines is 1. The molecule has 9 rings (SSSR count). The van der Waals surface area contributed by atoms with E-state index in [4.69, 9.17) is 4.74 Å². The number of likely N-dealkylation sites (tertiary alicyclic amines) is 2. The van der Waals surface area contributed by atoms with Gasteiger partial charge in [0.1, 0.15) is 5.69 Å². The second kappa shape index (κ2) is 20.3. The number of nitrogens with zero attached hydrogens (tertiary/aromatic N) is 6. The molecule has 3 saturated heterocycles. The summed E-state index contributed by atoms with van der Waals surface area (Å²) in [6, 6.07) is 23.7. The van der Waals surface area contributed by atoms with Crippen LogP contribution in [0.25, 0.3) is 21.8 Å². The third-order valence-electron chi connectivity index (χ3n) is 13.7. The molecule has 3 aliphatic heterocycles. The zero-order valence-corrected chi connectivity index (χ0v) is 38.1. The van der Waals surface area contributed by atoms with Gasteiger partial charge in [-0.3, -0.25) is 29.1 Å². The van der Waals surface area contributed by atoms with Gasteiger partial charge < -0.3 is 29.7 Å². The first kappa shape index (κ1) is 46.5. The van der Waals surface area contributed by atoms with Crippen molar-refractivity contribution in [1.29, 1.82) is 0 Å². The summed E-state index contributed by atoms with van der Waals surface area (Å²) in [6.45, 7) is 8.81. The number of aromatic amines is 1. The number of hydrogen-bond donors (Lipinski definition) is 2. The smallest absolute Gasteiger partial charge is 0.376 e. The molecule has 0 spiro atoms. The lowest BCUT2D eigenvalue weighted by Gasteiger charge is -2.36. The standard InChI is InChI=1S/C52H55F3N8O5/c1-2-35-30-46-47(59-48(35)64)29-34(31-57-46)33-60-24-26-61(27-25-60)39-13-14-45(58-32-39)49(65)56-19-28-68-40-17-22-62(23-18-40)50(66)38-11-9-36(10-12-38)37-15-20-63(21-16-37)51(67)43-7-3-6-42-41(43)5-4-8-44(42)52(53,54)55/h3-14,29-32,37,40H,2,15-28,33H2,1H3,(H,56,65)(H,59,64). The van der Waals surface area contributed by atoms with Crippen molar-refractivity contribution in [3.8, 4) is 0 Å². The highest BCUT2D eigenvalue weighted by atomic mass is 19.4. The monoisotopic (exact) mass is 928 g/mol. The van der Waals surface area contributed by atoms with Crippen LogP contribution in [0.15, 0.2) is 102 Å². The van der Waals surface area contributed by atoms with E-state index in [0.29, 0.717) is 88.1 Å². The van der Waals surface area contributed by atoms with Crippen molar-refractivity contribution in [3.05, 3.63) is 147 Å². The molecule has 0 aliphatic carbocycles. The Morgan fingerprint density at radius 1 is 0.779 bits per heavy atom. The highest BCUT2D eigenvalue weighted by Crippen LogP contribution is 2.37. The summed E-state index contributed by atoms with van der Waals surface area (Å²) in [6.07, 6.45) is 2.55. The van der Waals surface area contributed by atoms with Gasteiger partial charge in [0.05, 0.1) is 41.2 Å². The van der Waals surface area contributed by atoms with Gasteiger partial charge in [-0.2, -0.15) is 13.2 Å². The molecule has 6 aromatic rings. The molecule has 3 aromatic carbocycles. The molecule has 0 atom stereocenters. The summed E-state index contributed by atoms with van der Waals surface area (Å²) in [5.74, 6) is -0.377. The summed E-state index contributed by atoms with van der Waals surface area (Å²) in [7, 11) is 0. The largest absolute Gasteiger partial charge is 0.417 e. The molecule has 68 heavy (non-hydrogen) atoms. The van der Waals surface area contributed by atoms with Crippen LogP contribution in [0.2, 0.25) is 0 Å². The molecule has 0 unspecified atom stereocenters. The molecule has 3 aromatic heterocycles. The van der Waals surface area contributed by atoms with E-state index in [1.165, 1.54) is 18.2 Å². The maximum absolute atomic E-state index is 13.7. The molecule has 16 heteroatoms. The number of pyridine rings is 3. The normalized spacial score (nSPS) is 16.7. The van der Waals surface area contributed by atoms with Crippen LogP contribution in [-0.2, 0) is 23.9 Å². The van der Waals surface area contributed by atoms with Crippen LogP contribution >= 0.6 is 0 Å². The Bertz CT molecular complexity index is 2830. The van der Waals surface area contributed by atoms with E-state index in [1.54, 1.807) is 29.3 Å². The Kier molecular flexibility index (Phi) is 13.9. The van der Waals surface area contributed by atoms with Crippen LogP contribution in [0.3, 0.4) is 0 Å². The number of piperidine rings is 2. The Balaban J connectivity index is 0.663. The predicted octanol–water partition coefficient (Wildman–Crippen LogP) is 7.45. The number of nitrogens with one attached hydrogen (secondary N) is 2. The molecule has 0 bridgehead atoms. The molecule has 0 radical (unpaired) electrons. The Morgan fingerprint density at radius 2 is 1.49 bits per heavy atom. The number of aromatic nitrogens is 3. The Labute approximate surface area is 392 Å². The second-order valence-corrected chi connectivity index (χ2v) is 17.9. The lowest BCUT2D eigenvalue weighted by molar-refractivity contribution is -0.136. The lowest BCUT2D eigenvalue weighted by atomic mass is 9.88. The van der Waals surface area contributed by atoms with Gasteiger partial charge >= 0.3 is 6.18 Å². The average Bonchev–Trinajstić information content (AvgIpc) is 3.37. The molecule has 13 nitrogen and oxygen atoms in total. The van der Waals surface area contributed by atoms with E-state index in [0.717, 1.165) is 72.2 Å². The number of rotatable bonds is 12. The van der Waals surface area contributed by atoms with Gasteiger partial charge in [0, 0.05) is 88.3 Å². The Morgan fingerprint density at radius 3 is 2.19 bits per heavy atom. The molecule has 3 fully saturated rings. The van der Waals surface area contributed by atoms with Crippen LogP contribution in [0.4, 0.5) is 18.9 Å². The SMILES string of the molecule is CCc1cc2ncc(CN3CCN(c4ccc(C(=O)NCCOC5CCN(C(=O)c6ccc(C7CCN(C(=O)c8cccc9c(C(F)(F)F)cccc89)CC7)cc6)CC5)nc4)CC3)cc2[nH]c1=O. The van der Waals surface area contributed by atoms with Crippen molar-refractivity contribution in [2.75, 3.05) is 70.4 Å². The molecular formula is C52H55F3N8O5. The molecule has 354 valence electrons. The van der Waals surface area contributed by atoms with E-state index in [9.17, 15) is 32.3 Å². The number of hydrogen-bond acceptors (Lipinski definition) is 9. The van der Waals surface area contributed by atoms with Crippen molar-refractivity contribution in [2.45, 2.75) is 63.8 Å². The molecular weight excluding hydrogens is 874 g/mol. The van der Waals surface area contributed by atoms with Crippen LogP contribution in [-0.4, -0.2) is 119 Å². The quantitative estimate of drug-likeness (QED) is 0.120. The average molecular weight is 929 g/mol. The minimum atomic E-state index is -4.52. The number of halogens is 3. The number of carbonyl (C=O) groups excluding carboxylic acids is 3. The fourth-order valence-electron chi connectivity index (χ4n) is 9.76. The van der Waals surface area contributed by atoms with Gasteiger partial charge in [-0.15, -0.1) is 0 Å². The van der Waals surface area contributed by atoms with Gasteiger partial charge in [0.15, 0.2) is 0 Å². The van der Waals surface area contributed by atoms with Crippen molar-refractivity contribution < 1.29 is 32.3 Å². The third-order valence-corrected chi connectivity index (χ3v) is 13.7. The molecule has 2 N–H and O–H groups in total. The summed E-state index contributed by atoms with van der Waals surface area (Å²) >= 11 is 0. The predicted molar refractivity (Wildman–Crippen MR) is 254 cm³/mol. The van der Waals surface area contributed by atoms with Crippen molar-refractivity contribution in [1.82, 2.24) is 35.0 Å². The zero-order chi connectivity index (χ0) is 47.4.